The highest BCUT2D eigenvalue weighted by Crippen LogP contribution is 2.44. The molecule has 4 aromatic carbocycles. The van der Waals surface area contributed by atoms with Crippen LogP contribution < -0.4 is 10.7 Å². The molecule has 1 N–H and O–H groups in total. The lowest BCUT2D eigenvalue weighted by Crippen LogP contribution is -2.26. The molecule has 0 amide bonds. The Kier molecular flexibility index (Phi) is 2.25. The van der Waals surface area contributed by atoms with Crippen molar-refractivity contribution in [3.8, 4) is 22.3 Å². The largest absolute Gasteiger partial charge is 0.354 e. The zero-order valence-corrected chi connectivity index (χ0v) is 14.3. The van der Waals surface area contributed by atoms with Crippen molar-refractivity contribution in [2.75, 3.05) is 0 Å². The van der Waals surface area contributed by atoms with E-state index in [9.17, 15) is 0 Å². The van der Waals surface area contributed by atoms with Crippen molar-refractivity contribution < 1.29 is 0 Å². The van der Waals surface area contributed by atoms with Crippen LogP contribution in [0.3, 0.4) is 0 Å². The van der Waals surface area contributed by atoms with Gasteiger partial charge in [0.2, 0.25) is 0 Å². The minimum Gasteiger partial charge on any atom is -0.354 e. The number of aromatic nitrogens is 1. The molecule has 27 heavy (non-hydrogen) atoms. The number of fused-ring (bicyclic) bond motifs is 12. The van der Waals surface area contributed by atoms with E-state index in [0.29, 0.717) is 0 Å². The molecule has 0 fully saturated rings. The molecular weight excluding hydrogens is 330 g/mol. The number of benzene rings is 4. The molecule has 0 atom stereocenters. The van der Waals surface area contributed by atoms with Gasteiger partial charge in [-0.15, -0.1) is 0 Å². The molecule has 0 aliphatic carbocycles. The van der Waals surface area contributed by atoms with Crippen molar-refractivity contribution in [1.82, 2.24) is 4.98 Å². The summed E-state index contributed by atoms with van der Waals surface area (Å²) in [7, 11) is 0. The van der Waals surface area contributed by atoms with Crippen LogP contribution in [0.2, 0.25) is 0 Å². The van der Waals surface area contributed by atoms with Crippen molar-refractivity contribution in [2.45, 2.75) is 0 Å². The summed E-state index contributed by atoms with van der Waals surface area (Å²) in [5.74, 6) is 0. The molecule has 7 rings (SSSR count). The molecule has 3 heterocycles. The van der Waals surface area contributed by atoms with Gasteiger partial charge < -0.3 is 4.98 Å². The zero-order chi connectivity index (χ0) is 17.5. The average molecular weight is 343 g/mol. The van der Waals surface area contributed by atoms with Gasteiger partial charge in [-0.3, -0.25) is 0 Å². The molecule has 0 radical (unpaired) electrons. The molecule has 2 aliphatic rings. The van der Waals surface area contributed by atoms with Crippen LogP contribution in [0.5, 0.6) is 0 Å². The zero-order valence-electron chi connectivity index (χ0n) is 14.3. The molecule has 0 saturated heterocycles. The topological polar surface area (TPSA) is 40.5 Å². The first-order valence-corrected chi connectivity index (χ1v) is 9.13. The number of aromatic amines is 1. The SMILES string of the molecule is c1ccc2c(c1)N=c1c-2c2[nH]c3ccccc3c2c2c1=Nc1ccccc1-2. The highest BCUT2D eigenvalue weighted by atomic mass is 14.8. The van der Waals surface area contributed by atoms with E-state index >= 15 is 0 Å². The first kappa shape index (κ1) is 13.5. The Morgan fingerprint density at radius 2 is 1.19 bits per heavy atom. The minimum absolute atomic E-state index is 0.987. The van der Waals surface area contributed by atoms with Crippen molar-refractivity contribution in [3.05, 3.63) is 83.5 Å². The van der Waals surface area contributed by atoms with E-state index in [2.05, 4.69) is 65.6 Å². The Bertz CT molecular complexity index is 1570. The Morgan fingerprint density at radius 3 is 1.96 bits per heavy atom. The van der Waals surface area contributed by atoms with Gasteiger partial charge in [0.1, 0.15) is 5.36 Å². The summed E-state index contributed by atoms with van der Waals surface area (Å²) in [4.78, 5) is 13.7. The van der Waals surface area contributed by atoms with Gasteiger partial charge in [-0.25, -0.2) is 9.98 Å². The molecular formula is C24H13N3. The van der Waals surface area contributed by atoms with Gasteiger partial charge in [0.25, 0.3) is 0 Å². The van der Waals surface area contributed by atoms with Crippen LogP contribution in [0.1, 0.15) is 0 Å². The average Bonchev–Trinajstić information content (AvgIpc) is 3.38. The summed E-state index contributed by atoms with van der Waals surface area (Å²) in [5, 5.41) is 4.48. The van der Waals surface area contributed by atoms with E-state index in [1.807, 2.05) is 12.1 Å². The fraction of sp³-hybridized carbons (Fsp3) is 0. The Labute approximate surface area is 154 Å². The van der Waals surface area contributed by atoms with Crippen molar-refractivity contribution in [3.63, 3.8) is 0 Å². The fourth-order valence-electron chi connectivity index (χ4n) is 4.61. The predicted molar refractivity (Wildman–Crippen MR) is 108 cm³/mol. The van der Waals surface area contributed by atoms with Gasteiger partial charge in [0, 0.05) is 38.5 Å². The van der Waals surface area contributed by atoms with E-state index < -0.39 is 0 Å². The first-order chi connectivity index (χ1) is 13.4. The molecule has 0 unspecified atom stereocenters. The van der Waals surface area contributed by atoms with Crippen LogP contribution in [0.15, 0.2) is 82.8 Å². The van der Waals surface area contributed by atoms with Crippen LogP contribution in [0.4, 0.5) is 11.4 Å². The van der Waals surface area contributed by atoms with Crippen LogP contribution in [0.25, 0.3) is 44.1 Å². The highest BCUT2D eigenvalue weighted by molar-refractivity contribution is 6.19. The smallest absolute Gasteiger partial charge is 0.100 e. The van der Waals surface area contributed by atoms with Gasteiger partial charge in [0.05, 0.1) is 22.2 Å². The molecule has 124 valence electrons. The van der Waals surface area contributed by atoms with Crippen molar-refractivity contribution >= 4 is 33.2 Å². The summed E-state index contributed by atoms with van der Waals surface area (Å²) in [6.45, 7) is 0. The number of hydrogen-bond acceptors (Lipinski definition) is 2. The number of nitrogens with one attached hydrogen (secondary N) is 1. The number of H-pyrrole nitrogens is 1. The molecule has 5 aromatic rings. The Morgan fingerprint density at radius 1 is 0.593 bits per heavy atom. The van der Waals surface area contributed by atoms with E-state index in [1.54, 1.807) is 0 Å². The molecule has 0 saturated carbocycles. The quantitative estimate of drug-likeness (QED) is 0.394. The highest BCUT2D eigenvalue weighted by Gasteiger charge is 2.27. The third-order valence-electron chi connectivity index (χ3n) is 5.72. The predicted octanol–water partition coefficient (Wildman–Crippen LogP) is 5.18. The van der Waals surface area contributed by atoms with Crippen LogP contribution in [-0.2, 0) is 0 Å². The summed E-state index contributed by atoms with van der Waals surface area (Å²) < 4.78 is 0. The monoisotopic (exact) mass is 343 g/mol. The lowest BCUT2D eigenvalue weighted by atomic mass is 9.94. The molecule has 0 bridgehead atoms. The van der Waals surface area contributed by atoms with Crippen LogP contribution >= 0.6 is 0 Å². The summed E-state index contributed by atoms with van der Waals surface area (Å²) in [5.41, 5.74) is 9.10. The summed E-state index contributed by atoms with van der Waals surface area (Å²) in [6.07, 6.45) is 0. The van der Waals surface area contributed by atoms with Gasteiger partial charge >= 0.3 is 0 Å². The third kappa shape index (κ3) is 1.53. The van der Waals surface area contributed by atoms with Gasteiger partial charge in [-0.1, -0.05) is 54.6 Å². The number of hydrogen-bond donors (Lipinski definition) is 1. The summed E-state index contributed by atoms with van der Waals surface area (Å²) in [6, 6.07) is 25.3. The van der Waals surface area contributed by atoms with Gasteiger partial charge in [0.15, 0.2) is 0 Å². The maximum absolute atomic E-state index is 5.00. The van der Waals surface area contributed by atoms with E-state index in [4.69, 9.17) is 9.98 Å². The van der Waals surface area contributed by atoms with Gasteiger partial charge in [-0.05, 0) is 18.2 Å². The van der Waals surface area contributed by atoms with E-state index in [-0.39, 0.29) is 0 Å². The van der Waals surface area contributed by atoms with Crippen molar-refractivity contribution in [1.29, 1.82) is 0 Å². The second-order valence-electron chi connectivity index (χ2n) is 7.13. The summed E-state index contributed by atoms with van der Waals surface area (Å²) >= 11 is 0. The number of nitrogens with zero attached hydrogens (tertiary/aromatic N) is 2. The van der Waals surface area contributed by atoms with Gasteiger partial charge in [-0.2, -0.15) is 0 Å². The Balaban J connectivity index is 1.83. The van der Waals surface area contributed by atoms with E-state index in [0.717, 1.165) is 33.1 Å². The second kappa shape index (κ2) is 4.51. The normalized spacial score (nSPS) is 13.0. The third-order valence-corrected chi connectivity index (χ3v) is 5.72. The second-order valence-corrected chi connectivity index (χ2v) is 7.13. The molecule has 2 aliphatic heterocycles. The first-order valence-electron chi connectivity index (χ1n) is 9.13. The Hall–Kier alpha value is -3.72. The van der Waals surface area contributed by atoms with Crippen LogP contribution in [-0.4, -0.2) is 4.98 Å². The minimum atomic E-state index is 0.987. The standard InChI is InChI=1S/C24H13N3/c1-4-10-16-13(7-1)19-20-14-8-2-5-11-17(14)26-23(20)24-21(22(19)25-16)15-9-3-6-12-18(15)27-24/h1-12,25H. The van der Waals surface area contributed by atoms with Crippen molar-refractivity contribution in [2.24, 2.45) is 9.98 Å². The maximum atomic E-state index is 5.00. The lowest BCUT2D eigenvalue weighted by Gasteiger charge is -2.05. The van der Waals surface area contributed by atoms with Crippen LogP contribution in [0, 0.1) is 0 Å². The maximum Gasteiger partial charge on any atom is 0.100 e. The molecule has 3 heteroatoms. The fourth-order valence-corrected chi connectivity index (χ4v) is 4.61. The lowest BCUT2D eigenvalue weighted by molar-refractivity contribution is 1.30. The van der Waals surface area contributed by atoms with E-state index in [1.165, 1.54) is 33.0 Å². The number of para-hydroxylation sites is 3. The molecule has 1 aromatic heterocycles. The molecule has 3 nitrogen and oxygen atoms in total. The number of rotatable bonds is 0. The molecule has 0 spiro atoms.